The molecule has 1 heterocycles. The van der Waals surface area contributed by atoms with Crippen molar-refractivity contribution in [3.05, 3.63) is 28.8 Å². The molecule has 0 spiro atoms. The fraction of sp³-hybridized carbons (Fsp3) is 0.500. The Bertz CT molecular complexity index is 691. The summed E-state index contributed by atoms with van der Waals surface area (Å²) >= 11 is 6.19. The zero-order chi connectivity index (χ0) is 19.1. The molecule has 7 nitrogen and oxygen atoms in total. The number of hydrogen-bond acceptors (Lipinski definition) is 5. The van der Waals surface area contributed by atoms with Crippen molar-refractivity contribution in [2.75, 3.05) is 20.2 Å². The van der Waals surface area contributed by atoms with E-state index in [0.717, 1.165) is 0 Å². The van der Waals surface area contributed by atoms with Crippen LogP contribution in [0.25, 0.3) is 0 Å². The second-order valence-corrected chi connectivity index (χ2v) is 6.83. The van der Waals surface area contributed by atoms with Gasteiger partial charge in [-0.1, -0.05) is 30.6 Å². The predicted octanol–water partition coefficient (Wildman–Crippen LogP) is 2.12. The van der Waals surface area contributed by atoms with E-state index in [1.807, 2.05) is 13.8 Å². The summed E-state index contributed by atoms with van der Waals surface area (Å²) in [6.45, 7) is 4.91. The van der Waals surface area contributed by atoms with E-state index in [4.69, 9.17) is 21.2 Å². The Morgan fingerprint density at radius 1 is 1.38 bits per heavy atom. The lowest BCUT2D eigenvalue weighted by atomic mass is 10.0. The van der Waals surface area contributed by atoms with Crippen LogP contribution in [0.4, 0.5) is 0 Å². The minimum Gasteiger partial charge on any atom is -0.497 e. The normalized spacial score (nSPS) is 16.0. The smallest absolute Gasteiger partial charge is 0.264 e. The van der Waals surface area contributed by atoms with E-state index in [1.165, 1.54) is 0 Å². The molecular formula is C18H24ClN3O4. The number of methoxy groups -OCH3 is 1. The molecule has 8 heteroatoms. The molecule has 2 rings (SSSR count). The second kappa shape index (κ2) is 9.43. The highest BCUT2D eigenvalue weighted by atomic mass is 35.5. The number of carbonyl (C=O) groups excluding carboxylic acids is 2. The number of hydrogen-bond donors (Lipinski definition) is 2. The lowest BCUT2D eigenvalue weighted by molar-refractivity contribution is -0.131. The highest BCUT2D eigenvalue weighted by Crippen LogP contribution is 2.26. The number of nitrogens with one attached hydrogen (secondary N) is 2. The van der Waals surface area contributed by atoms with Gasteiger partial charge in [0, 0.05) is 31.5 Å². The zero-order valence-corrected chi connectivity index (χ0v) is 15.9. The van der Waals surface area contributed by atoms with Crippen molar-refractivity contribution in [1.82, 2.24) is 10.6 Å². The molecule has 0 saturated carbocycles. The van der Waals surface area contributed by atoms with Gasteiger partial charge in [-0.3, -0.25) is 9.59 Å². The topological polar surface area (TPSA) is 89.0 Å². The zero-order valence-electron chi connectivity index (χ0n) is 15.2. The maximum atomic E-state index is 12.2. The third kappa shape index (κ3) is 5.62. The van der Waals surface area contributed by atoms with Gasteiger partial charge in [0.1, 0.15) is 5.75 Å². The van der Waals surface area contributed by atoms with Gasteiger partial charge in [0.05, 0.1) is 17.8 Å². The highest BCUT2D eigenvalue weighted by Gasteiger charge is 2.29. The molecule has 26 heavy (non-hydrogen) atoms. The van der Waals surface area contributed by atoms with Crippen LogP contribution in [-0.4, -0.2) is 43.8 Å². The van der Waals surface area contributed by atoms with E-state index in [2.05, 4.69) is 15.8 Å². The van der Waals surface area contributed by atoms with Crippen LogP contribution in [-0.2, 0) is 14.4 Å². The van der Waals surface area contributed by atoms with Crippen molar-refractivity contribution in [1.29, 1.82) is 0 Å². The van der Waals surface area contributed by atoms with Crippen LogP contribution in [0.1, 0.15) is 32.3 Å². The van der Waals surface area contributed by atoms with E-state index in [-0.39, 0.29) is 24.8 Å². The third-order valence-electron chi connectivity index (χ3n) is 3.80. The molecule has 0 fully saturated rings. The Hall–Kier alpha value is -2.28. The number of halogens is 1. The molecule has 0 aliphatic carbocycles. The quantitative estimate of drug-likeness (QED) is 0.721. The average Bonchev–Trinajstić information content (AvgIpc) is 3.10. The van der Waals surface area contributed by atoms with Crippen molar-refractivity contribution in [3.63, 3.8) is 0 Å². The van der Waals surface area contributed by atoms with Crippen LogP contribution in [0, 0.1) is 5.92 Å². The molecule has 1 unspecified atom stereocenters. The summed E-state index contributed by atoms with van der Waals surface area (Å²) in [5, 5.41) is 9.98. The first-order valence-corrected chi connectivity index (χ1v) is 8.89. The molecule has 1 aliphatic heterocycles. The van der Waals surface area contributed by atoms with Crippen LogP contribution < -0.4 is 15.4 Å². The van der Waals surface area contributed by atoms with Crippen molar-refractivity contribution < 1.29 is 19.2 Å². The minimum atomic E-state index is -0.731. The molecule has 142 valence electrons. The predicted molar refractivity (Wildman–Crippen MR) is 99.5 cm³/mol. The summed E-state index contributed by atoms with van der Waals surface area (Å²) < 4.78 is 5.18. The van der Waals surface area contributed by atoms with Gasteiger partial charge < -0.3 is 20.2 Å². The van der Waals surface area contributed by atoms with Gasteiger partial charge in [0.25, 0.3) is 5.91 Å². The van der Waals surface area contributed by atoms with Gasteiger partial charge in [0.15, 0.2) is 0 Å². The monoisotopic (exact) mass is 381 g/mol. The Labute approximate surface area is 158 Å². The molecule has 1 aromatic rings. The van der Waals surface area contributed by atoms with Gasteiger partial charge in [-0.15, -0.1) is 0 Å². The van der Waals surface area contributed by atoms with Crippen LogP contribution in [0.15, 0.2) is 23.4 Å². The number of benzene rings is 1. The standard InChI is InChI=1S/C18H24ClN3O4/c1-11(2)10-21-17(23)6-7-20-18(24)16-9-15(22-26-16)13-8-12(25-3)4-5-14(13)19/h4-5,8,11,16H,6-7,9-10H2,1-3H3,(H,20,24)(H,21,23). The second-order valence-electron chi connectivity index (χ2n) is 6.42. The number of ether oxygens (including phenoxy) is 1. The highest BCUT2D eigenvalue weighted by molar-refractivity contribution is 6.34. The average molecular weight is 382 g/mol. The number of nitrogens with zero attached hydrogens (tertiary/aromatic N) is 1. The Morgan fingerprint density at radius 3 is 2.85 bits per heavy atom. The molecule has 2 N–H and O–H groups in total. The summed E-state index contributed by atoms with van der Waals surface area (Å²) in [5.74, 6) is 0.637. The van der Waals surface area contributed by atoms with E-state index in [0.29, 0.717) is 40.9 Å². The van der Waals surface area contributed by atoms with E-state index in [1.54, 1.807) is 25.3 Å². The first-order valence-electron chi connectivity index (χ1n) is 8.51. The van der Waals surface area contributed by atoms with Gasteiger partial charge in [-0.2, -0.15) is 0 Å². The lowest BCUT2D eigenvalue weighted by Crippen LogP contribution is -2.37. The van der Waals surface area contributed by atoms with Crippen molar-refractivity contribution >= 4 is 29.1 Å². The van der Waals surface area contributed by atoms with Crippen molar-refractivity contribution in [2.45, 2.75) is 32.8 Å². The first kappa shape index (κ1) is 20.0. The van der Waals surface area contributed by atoms with Gasteiger partial charge in [0.2, 0.25) is 12.0 Å². The van der Waals surface area contributed by atoms with E-state index < -0.39 is 6.10 Å². The van der Waals surface area contributed by atoms with Crippen LogP contribution >= 0.6 is 11.6 Å². The molecule has 1 atom stereocenters. The van der Waals surface area contributed by atoms with Gasteiger partial charge in [-0.05, 0) is 24.1 Å². The Kier molecular flexibility index (Phi) is 7.26. The molecule has 0 saturated heterocycles. The molecule has 0 radical (unpaired) electrons. The van der Waals surface area contributed by atoms with E-state index >= 15 is 0 Å². The number of amides is 2. The van der Waals surface area contributed by atoms with Gasteiger partial charge in [-0.25, -0.2) is 0 Å². The largest absolute Gasteiger partial charge is 0.497 e. The number of rotatable bonds is 8. The lowest BCUT2D eigenvalue weighted by Gasteiger charge is -2.10. The maximum absolute atomic E-state index is 12.2. The Balaban J connectivity index is 1.80. The summed E-state index contributed by atoms with van der Waals surface area (Å²) in [5.41, 5.74) is 1.26. The number of oxime groups is 1. The summed E-state index contributed by atoms with van der Waals surface area (Å²) in [4.78, 5) is 29.0. The molecule has 1 aliphatic rings. The van der Waals surface area contributed by atoms with Crippen LogP contribution in [0.2, 0.25) is 5.02 Å². The molecular weight excluding hydrogens is 358 g/mol. The summed E-state index contributed by atoms with van der Waals surface area (Å²) in [7, 11) is 1.56. The SMILES string of the molecule is COc1ccc(Cl)c(C2=NOC(C(=O)NCCC(=O)NCC(C)C)C2)c1. The minimum absolute atomic E-state index is 0.0913. The third-order valence-corrected chi connectivity index (χ3v) is 4.13. The summed E-state index contributed by atoms with van der Waals surface area (Å²) in [6.07, 6.45) is -0.204. The first-order chi connectivity index (χ1) is 12.4. The molecule has 1 aromatic carbocycles. The maximum Gasteiger partial charge on any atom is 0.264 e. The molecule has 0 bridgehead atoms. The molecule has 0 aromatic heterocycles. The van der Waals surface area contributed by atoms with Crippen LogP contribution in [0.3, 0.4) is 0 Å². The summed E-state index contributed by atoms with van der Waals surface area (Å²) in [6, 6.07) is 5.21. The molecule has 2 amide bonds. The van der Waals surface area contributed by atoms with Gasteiger partial charge >= 0.3 is 0 Å². The fourth-order valence-corrected chi connectivity index (χ4v) is 2.58. The van der Waals surface area contributed by atoms with Crippen LogP contribution in [0.5, 0.6) is 5.75 Å². The van der Waals surface area contributed by atoms with Crippen molar-refractivity contribution in [2.24, 2.45) is 11.1 Å². The Morgan fingerprint density at radius 2 is 2.15 bits per heavy atom. The van der Waals surface area contributed by atoms with Crippen molar-refractivity contribution in [3.8, 4) is 5.75 Å². The number of carbonyl (C=O) groups is 2. The van der Waals surface area contributed by atoms with E-state index in [9.17, 15) is 9.59 Å². The fourth-order valence-electron chi connectivity index (χ4n) is 2.35.